The maximum absolute atomic E-state index is 13.4. The Kier molecular flexibility index (Phi) is 6.47. The molecule has 0 aliphatic carbocycles. The second-order valence-electron chi connectivity index (χ2n) is 7.06. The van der Waals surface area contributed by atoms with Crippen LogP contribution in [0.4, 0.5) is 40.3 Å². The van der Waals surface area contributed by atoms with Gasteiger partial charge in [-0.2, -0.15) is 13.2 Å². The van der Waals surface area contributed by atoms with Crippen LogP contribution in [-0.2, 0) is 11.0 Å². The van der Waals surface area contributed by atoms with Crippen molar-refractivity contribution in [2.45, 2.75) is 20.0 Å². The number of halogens is 4. The van der Waals surface area contributed by atoms with Gasteiger partial charge in [0.05, 0.1) is 16.8 Å². The fourth-order valence-corrected chi connectivity index (χ4v) is 3.01. The largest absolute Gasteiger partial charge is 0.416 e. The van der Waals surface area contributed by atoms with Gasteiger partial charge in [-0.25, -0.2) is 4.39 Å². The van der Waals surface area contributed by atoms with E-state index in [0.717, 1.165) is 24.3 Å². The summed E-state index contributed by atoms with van der Waals surface area (Å²) in [6.07, 6.45) is -4.62. The van der Waals surface area contributed by atoms with Crippen molar-refractivity contribution < 1.29 is 27.2 Å². The standard InChI is InChI=1S/C23H19F4N3O2/c1-13-10-16(24)7-9-20(13)30-21-11-15(23(25,26)27)6-8-19(21)22(32)29-18-5-3-4-17(12-18)28-14(2)31/h3-12,30H,1-2H3,(H,28,31)(H,29,32). The van der Waals surface area contributed by atoms with Gasteiger partial charge in [0.2, 0.25) is 5.91 Å². The lowest BCUT2D eigenvalue weighted by atomic mass is 10.1. The van der Waals surface area contributed by atoms with Crippen molar-refractivity contribution in [3.8, 4) is 0 Å². The molecule has 32 heavy (non-hydrogen) atoms. The molecule has 9 heteroatoms. The van der Waals surface area contributed by atoms with E-state index in [9.17, 15) is 27.2 Å². The molecule has 166 valence electrons. The summed E-state index contributed by atoms with van der Waals surface area (Å²) in [5.41, 5.74) is 0.512. The molecule has 5 nitrogen and oxygen atoms in total. The molecule has 3 aromatic carbocycles. The summed E-state index contributed by atoms with van der Waals surface area (Å²) in [4.78, 5) is 24.1. The number of benzene rings is 3. The van der Waals surface area contributed by atoms with Gasteiger partial charge in [0, 0.05) is 24.0 Å². The van der Waals surface area contributed by atoms with Crippen LogP contribution < -0.4 is 16.0 Å². The zero-order chi connectivity index (χ0) is 23.5. The predicted molar refractivity (Wildman–Crippen MR) is 115 cm³/mol. The zero-order valence-electron chi connectivity index (χ0n) is 17.1. The van der Waals surface area contributed by atoms with Crippen LogP contribution >= 0.6 is 0 Å². The monoisotopic (exact) mass is 445 g/mol. The fraction of sp³-hybridized carbons (Fsp3) is 0.130. The van der Waals surface area contributed by atoms with Crippen LogP contribution in [-0.4, -0.2) is 11.8 Å². The fourth-order valence-electron chi connectivity index (χ4n) is 3.01. The van der Waals surface area contributed by atoms with E-state index in [1.807, 2.05) is 0 Å². The molecule has 3 aromatic rings. The summed E-state index contributed by atoms with van der Waals surface area (Å²) in [7, 11) is 0. The van der Waals surface area contributed by atoms with E-state index in [0.29, 0.717) is 22.6 Å². The third-order valence-electron chi connectivity index (χ3n) is 4.49. The Bertz CT molecular complexity index is 1180. The molecule has 0 aliphatic heterocycles. The van der Waals surface area contributed by atoms with Crippen molar-refractivity contribution in [3.63, 3.8) is 0 Å². The van der Waals surface area contributed by atoms with E-state index in [-0.39, 0.29) is 17.2 Å². The van der Waals surface area contributed by atoms with Crippen LogP contribution in [0.15, 0.2) is 60.7 Å². The summed E-state index contributed by atoms with van der Waals surface area (Å²) in [6, 6.07) is 12.8. The number of hydrogen-bond donors (Lipinski definition) is 3. The minimum atomic E-state index is -4.62. The first kappa shape index (κ1) is 22.8. The number of aryl methyl sites for hydroxylation is 1. The highest BCUT2D eigenvalue weighted by atomic mass is 19.4. The maximum Gasteiger partial charge on any atom is 0.416 e. The average Bonchev–Trinajstić information content (AvgIpc) is 2.69. The predicted octanol–water partition coefficient (Wildman–Crippen LogP) is 6.11. The Morgan fingerprint density at radius 3 is 2.16 bits per heavy atom. The lowest BCUT2D eigenvalue weighted by Crippen LogP contribution is -2.16. The maximum atomic E-state index is 13.4. The quantitative estimate of drug-likeness (QED) is 0.415. The second-order valence-corrected chi connectivity index (χ2v) is 7.06. The zero-order valence-corrected chi connectivity index (χ0v) is 17.1. The van der Waals surface area contributed by atoms with E-state index in [1.165, 1.54) is 25.1 Å². The lowest BCUT2D eigenvalue weighted by molar-refractivity contribution is -0.137. The SMILES string of the molecule is CC(=O)Nc1cccc(NC(=O)c2ccc(C(F)(F)F)cc2Nc2ccc(F)cc2C)c1. The van der Waals surface area contributed by atoms with Crippen molar-refractivity contribution in [2.75, 3.05) is 16.0 Å². The van der Waals surface area contributed by atoms with E-state index in [1.54, 1.807) is 25.1 Å². The Morgan fingerprint density at radius 1 is 0.844 bits per heavy atom. The number of rotatable bonds is 5. The molecule has 0 saturated carbocycles. The van der Waals surface area contributed by atoms with Crippen molar-refractivity contribution in [2.24, 2.45) is 0 Å². The van der Waals surface area contributed by atoms with Crippen LogP contribution in [0.3, 0.4) is 0 Å². The van der Waals surface area contributed by atoms with Gasteiger partial charge >= 0.3 is 6.18 Å². The van der Waals surface area contributed by atoms with Crippen molar-refractivity contribution in [1.82, 2.24) is 0 Å². The number of anilines is 4. The molecule has 0 fully saturated rings. The Balaban J connectivity index is 1.96. The third-order valence-corrected chi connectivity index (χ3v) is 4.49. The number of amides is 2. The Hall–Kier alpha value is -3.88. The second kappa shape index (κ2) is 9.09. The van der Waals surface area contributed by atoms with Gasteiger partial charge in [-0.1, -0.05) is 6.07 Å². The first-order valence-corrected chi connectivity index (χ1v) is 9.46. The first-order valence-electron chi connectivity index (χ1n) is 9.46. The van der Waals surface area contributed by atoms with Gasteiger partial charge in [0.15, 0.2) is 0 Å². The smallest absolute Gasteiger partial charge is 0.355 e. The molecule has 0 aromatic heterocycles. The molecule has 0 saturated heterocycles. The lowest BCUT2D eigenvalue weighted by Gasteiger charge is -2.17. The minimum absolute atomic E-state index is 0.0494. The summed E-state index contributed by atoms with van der Waals surface area (Å²) >= 11 is 0. The van der Waals surface area contributed by atoms with E-state index in [2.05, 4.69) is 16.0 Å². The Morgan fingerprint density at radius 2 is 1.53 bits per heavy atom. The number of carbonyl (C=O) groups excluding carboxylic acids is 2. The highest BCUT2D eigenvalue weighted by Gasteiger charge is 2.31. The Labute approximate surface area is 181 Å². The number of nitrogens with one attached hydrogen (secondary N) is 3. The van der Waals surface area contributed by atoms with E-state index >= 15 is 0 Å². The normalized spacial score (nSPS) is 11.1. The average molecular weight is 445 g/mol. The van der Waals surface area contributed by atoms with E-state index < -0.39 is 23.5 Å². The number of carbonyl (C=O) groups is 2. The molecule has 0 unspecified atom stereocenters. The number of hydrogen-bond acceptors (Lipinski definition) is 3. The summed E-state index contributed by atoms with van der Waals surface area (Å²) in [5.74, 6) is -1.45. The topological polar surface area (TPSA) is 70.2 Å². The van der Waals surface area contributed by atoms with Gasteiger partial charge in [-0.05, 0) is 67.1 Å². The molecule has 3 rings (SSSR count). The molecule has 0 radical (unpaired) electrons. The molecular weight excluding hydrogens is 426 g/mol. The van der Waals surface area contributed by atoms with Gasteiger partial charge in [0.25, 0.3) is 5.91 Å². The molecule has 0 aliphatic rings. The summed E-state index contributed by atoms with van der Waals surface area (Å²) in [6.45, 7) is 2.93. The van der Waals surface area contributed by atoms with Gasteiger partial charge < -0.3 is 16.0 Å². The summed E-state index contributed by atoms with van der Waals surface area (Å²) < 4.78 is 53.2. The summed E-state index contributed by atoms with van der Waals surface area (Å²) in [5, 5.41) is 7.99. The molecule has 2 amide bonds. The first-order chi connectivity index (χ1) is 15.0. The highest BCUT2D eigenvalue weighted by Crippen LogP contribution is 2.34. The van der Waals surface area contributed by atoms with Gasteiger partial charge in [-0.3, -0.25) is 9.59 Å². The molecule has 3 N–H and O–H groups in total. The van der Waals surface area contributed by atoms with Crippen LogP contribution in [0.1, 0.15) is 28.4 Å². The molecule has 0 atom stereocenters. The van der Waals surface area contributed by atoms with Gasteiger partial charge in [0.1, 0.15) is 5.82 Å². The minimum Gasteiger partial charge on any atom is -0.355 e. The van der Waals surface area contributed by atoms with Crippen molar-refractivity contribution in [3.05, 3.63) is 83.2 Å². The van der Waals surface area contributed by atoms with Crippen LogP contribution in [0.25, 0.3) is 0 Å². The molecule has 0 bridgehead atoms. The van der Waals surface area contributed by atoms with Crippen LogP contribution in [0.2, 0.25) is 0 Å². The molecule has 0 heterocycles. The van der Waals surface area contributed by atoms with Crippen LogP contribution in [0, 0.1) is 12.7 Å². The third kappa shape index (κ3) is 5.63. The van der Waals surface area contributed by atoms with Gasteiger partial charge in [-0.15, -0.1) is 0 Å². The molecule has 0 spiro atoms. The number of alkyl halides is 3. The molecular formula is C23H19F4N3O2. The van der Waals surface area contributed by atoms with Crippen LogP contribution in [0.5, 0.6) is 0 Å². The van der Waals surface area contributed by atoms with Crippen molar-refractivity contribution in [1.29, 1.82) is 0 Å². The highest BCUT2D eigenvalue weighted by molar-refractivity contribution is 6.09. The van der Waals surface area contributed by atoms with Crippen molar-refractivity contribution >= 4 is 34.6 Å². The van der Waals surface area contributed by atoms with E-state index in [4.69, 9.17) is 0 Å².